The zero-order valence-electron chi connectivity index (χ0n) is 13.1. The van der Waals surface area contributed by atoms with Crippen molar-refractivity contribution in [2.75, 3.05) is 13.1 Å². The van der Waals surface area contributed by atoms with Crippen LogP contribution in [0.1, 0.15) is 56.8 Å². The van der Waals surface area contributed by atoms with Crippen molar-refractivity contribution in [3.05, 3.63) is 35.9 Å². The minimum atomic E-state index is 0.0545. The molecule has 1 aliphatic rings. The number of benzene rings is 1. The summed E-state index contributed by atoms with van der Waals surface area (Å²) < 4.78 is 0. The van der Waals surface area contributed by atoms with Crippen LogP contribution in [-0.2, 0) is 0 Å². The maximum absolute atomic E-state index is 12.7. The quantitative estimate of drug-likeness (QED) is 0.751. The molecule has 0 N–H and O–H groups in total. The summed E-state index contributed by atoms with van der Waals surface area (Å²) in [4.78, 5) is 15.1. The molecule has 1 unspecified atom stereocenters. The van der Waals surface area contributed by atoms with E-state index in [-0.39, 0.29) is 11.8 Å². The van der Waals surface area contributed by atoms with Gasteiger partial charge in [-0.2, -0.15) is 0 Å². The van der Waals surface area contributed by atoms with Gasteiger partial charge in [-0.05, 0) is 37.8 Å². The summed E-state index contributed by atoms with van der Waals surface area (Å²) in [6.45, 7) is 8.90. The van der Waals surface area contributed by atoms with Gasteiger partial charge >= 0.3 is 0 Å². The molecule has 1 aliphatic heterocycles. The largest absolute Gasteiger partial charge is 0.293 e. The highest BCUT2D eigenvalue weighted by atomic mass is 16.1. The molecule has 0 radical (unpaired) electrons. The Morgan fingerprint density at radius 2 is 1.80 bits per heavy atom. The number of hydrogen-bond acceptors (Lipinski definition) is 2. The lowest BCUT2D eigenvalue weighted by Gasteiger charge is -2.41. The van der Waals surface area contributed by atoms with Crippen LogP contribution in [0.3, 0.4) is 0 Å². The molecule has 0 amide bonds. The van der Waals surface area contributed by atoms with Crippen LogP contribution in [0.2, 0.25) is 0 Å². The lowest BCUT2D eigenvalue weighted by atomic mass is 9.77. The number of nitrogens with zero attached hydrogens (tertiary/aromatic N) is 1. The molecule has 1 aromatic carbocycles. The van der Waals surface area contributed by atoms with E-state index in [1.165, 1.54) is 19.3 Å². The van der Waals surface area contributed by atoms with Crippen LogP contribution < -0.4 is 0 Å². The second-order valence-corrected chi connectivity index (χ2v) is 6.35. The Bertz CT molecular complexity index is 432. The van der Waals surface area contributed by atoms with Crippen molar-refractivity contribution in [3.8, 4) is 0 Å². The second kappa shape index (κ2) is 6.53. The zero-order valence-corrected chi connectivity index (χ0v) is 13.1. The first-order valence-corrected chi connectivity index (χ1v) is 7.93. The molecule has 0 aromatic heterocycles. The smallest absolute Gasteiger partial charge is 0.179 e. The first-order chi connectivity index (χ1) is 9.59. The molecule has 0 spiro atoms. The molecule has 1 fully saturated rings. The highest BCUT2D eigenvalue weighted by Crippen LogP contribution is 2.35. The van der Waals surface area contributed by atoms with Crippen molar-refractivity contribution in [2.24, 2.45) is 5.41 Å². The predicted octanol–water partition coefficient (Wildman–Crippen LogP) is 4.16. The summed E-state index contributed by atoms with van der Waals surface area (Å²) in [6.07, 6.45) is 4.56. The highest BCUT2D eigenvalue weighted by molar-refractivity contribution is 6.00. The van der Waals surface area contributed by atoms with Gasteiger partial charge in [0.05, 0.1) is 6.04 Å². The van der Waals surface area contributed by atoms with Gasteiger partial charge in [0.1, 0.15) is 0 Å². The average molecular weight is 273 g/mol. The molecule has 110 valence electrons. The van der Waals surface area contributed by atoms with Crippen molar-refractivity contribution in [3.63, 3.8) is 0 Å². The summed E-state index contributed by atoms with van der Waals surface area (Å²) in [5.41, 5.74) is 1.33. The van der Waals surface area contributed by atoms with E-state index < -0.39 is 0 Å². The third kappa shape index (κ3) is 3.29. The third-order valence-corrected chi connectivity index (χ3v) is 5.05. The Morgan fingerprint density at radius 1 is 1.20 bits per heavy atom. The van der Waals surface area contributed by atoms with Gasteiger partial charge in [-0.1, -0.05) is 57.5 Å². The predicted molar refractivity (Wildman–Crippen MR) is 84.1 cm³/mol. The summed E-state index contributed by atoms with van der Waals surface area (Å²) in [5.74, 6) is 0.285. The molecular weight excluding hydrogens is 246 g/mol. The van der Waals surface area contributed by atoms with E-state index in [2.05, 4.69) is 25.7 Å². The summed E-state index contributed by atoms with van der Waals surface area (Å²) in [6, 6.07) is 9.79. The molecule has 20 heavy (non-hydrogen) atoms. The molecule has 0 bridgehead atoms. The van der Waals surface area contributed by atoms with Crippen LogP contribution in [-0.4, -0.2) is 29.8 Å². The highest BCUT2D eigenvalue weighted by Gasteiger charge is 2.33. The third-order valence-electron chi connectivity index (χ3n) is 5.05. The number of likely N-dealkylation sites (tertiary alicyclic amines) is 1. The molecule has 0 saturated carbocycles. The number of Topliss-reactive ketones (excluding diaryl/α,β-unsaturated/α-hetero) is 1. The second-order valence-electron chi connectivity index (χ2n) is 6.35. The fourth-order valence-corrected chi connectivity index (χ4v) is 3.13. The fraction of sp³-hybridized carbons (Fsp3) is 0.611. The number of ketones is 1. The van der Waals surface area contributed by atoms with Gasteiger partial charge in [0.25, 0.3) is 0 Å². The van der Waals surface area contributed by atoms with Gasteiger partial charge in [0, 0.05) is 5.56 Å². The van der Waals surface area contributed by atoms with Crippen molar-refractivity contribution in [2.45, 2.75) is 52.5 Å². The van der Waals surface area contributed by atoms with Gasteiger partial charge < -0.3 is 0 Å². The Hall–Kier alpha value is -1.15. The number of carbonyl (C=O) groups is 1. The van der Waals surface area contributed by atoms with E-state index in [0.29, 0.717) is 5.41 Å². The lowest BCUT2D eigenvalue weighted by Crippen LogP contribution is -2.47. The maximum atomic E-state index is 12.7. The van der Waals surface area contributed by atoms with Crippen molar-refractivity contribution < 1.29 is 4.79 Å². The normalized spacial score (nSPS) is 20.6. The Balaban J connectivity index is 2.05. The van der Waals surface area contributed by atoms with Crippen LogP contribution in [0.5, 0.6) is 0 Å². The molecule has 0 aliphatic carbocycles. The van der Waals surface area contributed by atoms with Crippen LogP contribution >= 0.6 is 0 Å². The summed E-state index contributed by atoms with van der Waals surface area (Å²) in [5, 5.41) is 0. The van der Waals surface area contributed by atoms with Gasteiger partial charge in [0.2, 0.25) is 0 Å². The van der Waals surface area contributed by atoms with Crippen LogP contribution in [0.15, 0.2) is 30.3 Å². The zero-order chi connectivity index (χ0) is 14.6. The first kappa shape index (κ1) is 15.2. The van der Waals surface area contributed by atoms with Crippen molar-refractivity contribution in [1.29, 1.82) is 0 Å². The number of rotatable bonds is 5. The number of piperidine rings is 1. The molecule has 2 heteroatoms. The lowest BCUT2D eigenvalue weighted by molar-refractivity contribution is 0.0595. The fourth-order valence-electron chi connectivity index (χ4n) is 3.13. The topological polar surface area (TPSA) is 20.3 Å². The minimum absolute atomic E-state index is 0.0545. The average Bonchev–Trinajstić information content (AvgIpc) is 2.51. The molecular formula is C18H27NO. The SMILES string of the molecule is CCC(C(=O)c1ccccc1)N1CCC(C)(CC)CC1. The van der Waals surface area contributed by atoms with E-state index >= 15 is 0 Å². The van der Waals surface area contributed by atoms with Crippen LogP contribution in [0, 0.1) is 5.41 Å². The van der Waals surface area contributed by atoms with E-state index in [1.807, 2.05) is 30.3 Å². The molecule has 1 aromatic rings. The van der Waals surface area contributed by atoms with Gasteiger partial charge in [-0.25, -0.2) is 0 Å². The number of hydrogen-bond donors (Lipinski definition) is 0. The minimum Gasteiger partial charge on any atom is -0.293 e. The van der Waals surface area contributed by atoms with Crippen molar-refractivity contribution >= 4 is 5.78 Å². The van der Waals surface area contributed by atoms with Gasteiger partial charge in [-0.15, -0.1) is 0 Å². The van der Waals surface area contributed by atoms with Gasteiger partial charge in [0.15, 0.2) is 5.78 Å². The van der Waals surface area contributed by atoms with E-state index in [1.54, 1.807) is 0 Å². The molecule has 1 atom stereocenters. The first-order valence-electron chi connectivity index (χ1n) is 7.93. The van der Waals surface area contributed by atoms with E-state index in [9.17, 15) is 4.79 Å². The standard InChI is InChI=1S/C18H27NO/c1-4-16(17(20)15-9-7-6-8-10-15)19-13-11-18(3,5-2)12-14-19/h6-10,16H,4-5,11-14H2,1-3H3. The number of carbonyl (C=O) groups excluding carboxylic acids is 1. The monoisotopic (exact) mass is 273 g/mol. The molecule has 1 saturated heterocycles. The van der Waals surface area contributed by atoms with E-state index in [0.717, 1.165) is 25.1 Å². The molecule has 1 heterocycles. The maximum Gasteiger partial charge on any atom is 0.179 e. The summed E-state index contributed by atoms with van der Waals surface area (Å²) in [7, 11) is 0. The van der Waals surface area contributed by atoms with Crippen LogP contribution in [0.4, 0.5) is 0 Å². The van der Waals surface area contributed by atoms with E-state index in [4.69, 9.17) is 0 Å². The Morgan fingerprint density at radius 3 is 2.30 bits per heavy atom. The molecule has 2 rings (SSSR count). The summed E-state index contributed by atoms with van der Waals surface area (Å²) >= 11 is 0. The van der Waals surface area contributed by atoms with Crippen LogP contribution in [0.25, 0.3) is 0 Å². The van der Waals surface area contributed by atoms with Crippen molar-refractivity contribution in [1.82, 2.24) is 4.90 Å². The van der Waals surface area contributed by atoms with Gasteiger partial charge in [-0.3, -0.25) is 9.69 Å². The molecule has 2 nitrogen and oxygen atoms in total. The Kier molecular flexibility index (Phi) is 4.98. The Labute approximate surface area is 123 Å².